The molecule has 0 amide bonds. The van der Waals surface area contributed by atoms with Crippen LogP contribution in [0.3, 0.4) is 0 Å². The van der Waals surface area contributed by atoms with Crippen LogP contribution in [-0.2, 0) is 6.61 Å². The summed E-state index contributed by atoms with van der Waals surface area (Å²) in [6.07, 6.45) is 1.62. The number of benzene rings is 3. The van der Waals surface area contributed by atoms with Crippen molar-refractivity contribution in [1.82, 2.24) is 0 Å². The summed E-state index contributed by atoms with van der Waals surface area (Å²) in [5, 5.41) is 0. The first-order valence-electron chi connectivity index (χ1n) is 10.2. The summed E-state index contributed by atoms with van der Waals surface area (Å²) in [5.74, 6) is 3.16. The number of hydrogen-bond acceptors (Lipinski definition) is 7. The Hall–Kier alpha value is -4.13. The molecule has 0 saturated carbocycles. The fraction of sp³-hybridized carbons (Fsp3) is 0.192. The molecule has 0 aliphatic carbocycles. The summed E-state index contributed by atoms with van der Waals surface area (Å²) in [6.45, 7) is 0.357. The molecule has 1 aliphatic heterocycles. The third-order valence-corrected chi connectivity index (χ3v) is 5.20. The Balaban J connectivity index is 1.56. The van der Waals surface area contributed by atoms with Crippen molar-refractivity contribution in [2.45, 2.75) is 6.61 Å². The Kier molecular flexibility index (Phi) is 6.40. The van der Waals surface area contributed by atoms with Crippen LogP contribution in [0.2, 0.25) is 0 Å². The van der Waals surface area contributed by atoms with Gasteiger partial charge in [-0.1, -0.05) is 12.1 Å². The fourth-order valence-corrected chi connectivity index (χ4v) is 3.57. The molecule has 170 valence electrons. The van der Waals surface area contributed by atoms with Gasteiger partial charge in [0.05, 0.1) is 34.0 Å². The molecule has 3 aromatic carbocycles. The van der Waals surface area contributed by atoms with Gasteiger partial charge in [-0.05, 0) is 48.0 Å². The summed E-state index contributed by atoms with van der Waals surface area (Å²) in [6, 6.07) is 16.3. The number of hydrogen-bond donors (Lipinski definition) is 0. The predicted octanol–water partition coefficient (Wildman–Crippen LogP) is 4.92. The van der Waals surface area contributed by atoms with Crippen LogP contribution in [0.4, 0.5) is 0 Å². The van der Waals surface area contributed by atoms with Crippen molar-refractivity contribution in [2.75, 3.05) is 28.4 Å². The average molecular weight is 448 g/mol. The molecule has 4 rings (SSSR count). The molecule has 0 fully saturated rings. The Bertz CT molecular complexity index is 1210. The molecule has 33 heavy (non-hydrogen) atoms. The van der Waals surface area contributed by atoms with E-state index in [0.717, 1.165) is 11.3 Å². The first-order valence-corrected chi connectivity index (χ1v) is 10.2. The van der Waals surface area contributed by atoms with Gasteiger partial charge >= 0.3 is 0 Å². The van der Waals surface area contributed by atoms with Gasteiger partial charge in [0.1, 0.15) is 23.9 Å². The highest BCUT2D eigenvalue weighted by Crippen LogP contribution is 2.42. The van der Waals surface area contributed by atoms with Crippen molar-refractivity contribution in [1.29, 1.82) is 0 Å². The van der Waals surface area contributed by atoms with E-state index in [4.69, 9.17) is 28.4 Å². The molecule has 0 saturated heterocycles. The smallest absolute Gasteiger partial charge is 0.231 e. The first-order chi connectivity index (χ1) is 16.1. The van der Waals surface area contributed by atoms with E-state index in [1.54, 1.807) is 50.6 Å². The number of rotatable bonds is 8. The Morgan fingerprint density at radius 2 is 1.64 bits per heavy atom. The van der Waals surface area contributed by atoms with E-state index in [-0.39, 0.29) is 11.5 Å². The van der Waals surface area contributed by atoms with Crippen molar-refractivity contribution in [3.8, 4) is 34.5 Å². The molecule has 0 unspecified atom stereocenters. The lowest BCUT2D eigenvalue weighted by molar-refractivity contribution is 0.101. The first kappa shape index (κ1) is 22.1. The average Bonchev–Trinajstić information content (AvgIpc) is 3.16. The summed E-state index contributed by atoms with van der Waals surface area (Å²) in [4.78, 5) is 12.9. The van der Waals surface area contributed by atoms with E-state index in [1.807, 2.05) is 24.3 Å². The Morgan fingerprint density at radius 3 is 2.36 bits per heavy atom. The lowest BCUT2D eigenvalue weighted by Crippen LogP contribution is -2.00. The number of carbonyl (C=O) groups is 1. The van der Waals surface area contributed by atoms with Crippen LogP contribution in [0.1, 0.15) is 21.5 Å². The molecule has 7 nitrogen and oxygen atoms in total. The number of methoxy groups -OCH3 is 4. The van der Waals surface area contributed by atoms with Crippen LogP contribution in [0.15, 0.2) is 60.4 Å². The molecular formula is C26H24O7. The minimum absolute atomic E-state index is 0.181. The molecule has 3 aromatic rings. The van der Waals surface area contributed by atoms with Crippen LogP contribution in [0, 0.1) is 0 Å². The quantitative estimate of drug-likeness (QED) is 0.453. The van der Waals surface area contributed by atoms with Gasteiger partial charge in [-0.25, -0.2) is 0 Å². The largest absolute Gasteiger partial charge is 0.497 e. The molecule has 0 spiro atoms. The zero-order valence-electron chi connectivity index (χ0n) is 18.8. The molecule has 1 aliphatic rings. The topological polar surface area (TPSA) is 72.5 Å². The summed E-state index contributed by atoms with van der Waals surface area (Å²) in [7, 11) is 6.22. The molecular weight excluding hydrogens is 424 g/mol. The van der Waals surface area contributed by atoms with Crippen LogP contribution in [-0.4, -0.2) is 34.2 Å². The van der Waals surface area contributed by atoms with Gasteiger partial charge in [-0.3, -0.25) is 4.79 Å². The second-order valence-corrected chi connectivity index (χ2v) is 7.16. The number of fused-ring (bicyclic) bond motifs is 1. The maximum absolute atomic E-state index is 12.9. The van der Waals surface area contributed by atoms with Gasteiger partial charge in [0.2, 0.25) is 11.5 Å². The zero-order chi connectivity index (χ0) is 23.4. The van der Waals surface area contributed by atoms with Crippen LogP contribution in [0.25, 0.3) is 6.08 Å². The highest BCUT2D eigenvalue weighted by Gasteiger charge is 2.28. The van der Waals surface area contributed by atoms with Gasteiger partial charge in [-0.15, -0.1) is 0 Å². The lowest BCUT2D eigenvalue weighted by Gasteiger charge is -2.14. The predicted molar refractivity (Wildman–Crippen MR) is 123 cm³/mol. The Morgan fingerprint density at radius 1 is 0.818 bits per heavy atom. The molecule has 1 heterocycles. The van der Waals surface area contributed by atoms with E-state index in [1.165, 1.54) is 14.2 Å². The highest BCUT2D eigenvalue weighted by atomic mass is 16.5. The van der Waals surface area contributed by atoms with Crippen molar-refractivity contribution in [3.05, 3.63) is 77.0 Å². The monoisotopic (exact) mass is 448 g/mol. The molecule has 0 atom stereocenters. The summed E-state index contributed by atoms with van der Waals surface area (Å²) in [5.41, 5.74) is 2.06. The van der Waals surface area contributed by atoms with Crippen LogP contribution >= 0.6 is 0 Å². The number of Topliss-reactive ketones (excluding diaryl/α,β-unsaturated/α-hetero) is 1. The van der Waals surface area contributed by atoms with Gasteiger partial charge in [0, 0.05) is 11.6 Å². The number of ether oxygens (including phenoxy) is 6. The van der Waals surface area contributed by atoms with E-state index >= 15 is 0 Å². The number of ketones is 1. The zero-order valence-corrected chi connectivity index (χ0v) is 18.8. The second-order valence-electron chi connectivity index (χ2n) is 7.16. The van der Waals surface area contributed by atoms with E-state index in [2.05, 4.69) is 0 Å². The maximum atomic E-state index is 12.9. The SMILES string of the molecule is COc1cccc(COc2ccc3c(c2)O/C(=C\c2ccc(OC)c(OC)c2OC)C3=O)c1. The van der Waals surface area contributed by atoms with E-state index < -0.39 is 0 Å². The number of carbonyl (C=O) groups excluding carboxylic acids is 1. The van der Waals surface area contributed by atoms with Gasteiger partial charge in [0.25, 0.3) is 0 Å². The highest BCUT2D eigenvalue weighted by molar-refractivity contribution is 6.14. The fourth-order valence-electron chi connectivity index (χ4n) is 3.57. The standard InChI is InChI=1S/C26H24O7/c1-28-18-7-5-6-16(12-18)15-32-19-9-10-20-22(14-19)33-23(24(20)27)13-17-8-11-21(29-2)26(31-4)25(17)30-3/h5-14H,15H2,1-4H3/b23-13-. The van der Waals surface area contributed by atoms with Gasteiger partial charge in [-0.2, -0.15) is 0 Å². The van der Waals surface area contributed by atoms with Gasteiger partial charge in [0.15, 0.2) is 17.3 Å². The minimum atomic E-state index is -0.221. The number of allylic oxidation sites excluding steroid dienone is 1. The molecule has 0 bridgehead atoms. The molecule has 7 heteroatoms. The molecule has 0 radical (unpaired) electrons. The summed E-state index contributed by atoms with van der Waals surface area (Å²) >= 11 is 0. The molecule has 0 N–H and O–H groups in total. The van der Waals surface area contributed by atoms with Crippen LogP contribution < -0.4 is 28.4 Å². The van der Waals surface area contributed by atoms with Crippen molar-refractivity contribution in [3.63, 3.8) is 0 Å². The van der Waals surface area contributed by atoms with E-state index in [9.17, 15) is 4.79 Å². The van der Waals surface area contributed by atoms with Crippen molar-refractivity contribution in [2.24, 2.45) is 0 Å². The third-order valence-electron chi connectivity index (χ3n) is 5.20. The molecule has 0 aromatic heterocycles. The van der Waals surface area contributed by atoms with Crippen molar-refractivity contribution < 1.29 is 33.2 Å². The normalized spacial score (nSPS) is 13.3. The van der Waals surface area contributed by atoms with Crippen molar-refractivity contribution >= 4 is 11.9 Å². The van der Waals surface area contributed by atoms with E-state index in [0.29, 0.717) is 46.5 Å². The van der Waals surface area contributed by atoms with Gasteiger partial charge < -0.3 is 28.4 Å². The second kappa shape index (κ2) is 9.56. The lowest BCUT2D eigenvalue weighted by atomic mass is 10.1. The summed E-state index contributed by atoms with van der Waals surface area (Å²) < 4.78 is 33.2. The minimum Gasteiger partial charge on any atom is -0.497 e. The Labute approximate surface area is 192 Å². The maximum Gasteiger partial charge on any atom is 0.231 e. The third kappa shape index (κ3) is 4.43. The van der Waals surface area contributed by atoms with Crippen LogP contribution in [0.5, 0.6) is 34.5 Å².